The van der Waals surface area contributed by atoms with Gasteiger partial charge in [-0.3, -0.25) is 9.80 Å². The Morgan fingerprint density at radius 2 is 0.960 bits per heavy atom. The second kappa shape index (κ2) is 10.4. The summed E-state index contributed by atoms with van der Waals surface area (Å²) in [7, 11) is 0.789. The van der Waals surface area contributed by atoms with Crippen LogP contribution in [0.1, 0.15) is 0 Å². The van der Waals surface area contributed by atoms with Crippen LogP contribution in [0.3, 0.4) is 0 Å². The van der Waals surface area contributed by atoms with Crippen molar-refractivity contribution in [3.05, 3.63) is 0 Å². The molecule has 2 saturated heterocycles. The first-order valence-electron chi connectivity index (χ1n) is 8.88. The van der Waals surface area contributed by atoms with Crippen LogP contribution in [0.15, 0.2) is 0 Å². The van der Waals surface area contributed by atoms with Gasteiger partial charge in [0.25, 0.3) is 0 Å². The summed E-state index contributed by atoms with van der Waals surface area (Å²) in [6.45, 7) is 7.69. The Morgan fingerprint density at radius 1 is 0.640 bits per heavy atom. The van der Waals surface area contributed by atoms with Crippen molar-refractivity contribution in [2.45, 2.75) is 0 Å². The molecular formula is C14H34N4O5Si2. The predicted molar refractivity (Wildman–Crippen MR) is 99.2 cm³/mol. The fourth-order valence-electron chi connectivity index (χ4n) is 3.18. The number of nitrogens with zero attached hydrogens (tertiary/aromatic N) is 2. The van der Waals surface area contributed by atoms with Crippen molar-refractivity contribution in [1.82, 2.24) is 20.4 Å². The van der Waals surface area contributed by atoms with Gasteiger partial charge in [-0.15, -0.1) is 0 Å². The zero-order valence-electron chi connectivity index (χ0n) is 16.0. The van der Waals surface area contributed by atoms with Gasteiger partial charge >= 0.3 is 17.6 Å². The van der Waals surface area contributed by atoms with E-state index < -0.39 is 17.6 Å². The molecule has 0 bridgehead atoms. The maximum Gasteiger partial charge on any atom is 0.507 e. The number of nitrogens with one attached hydrogen (secondary N) is 2. The number of hydrogen-bond acceptors (Lipinski definition) is 9. The van der Waals surface area contributed by atoms with Crippen LogP contribution in [0.25, 0.3) is 0 Å². The van der Waals surface area contributed by atoms with Gasteiger partial charge in [-0.2, -0.15) is 0 Å². The van der Waals surface area contributed by atoms with E-state index in [1.165, 1.54) is 0 Å². The van der Waals surface area contributed by atoms with Crippen LogP contribution in [0.2, 0.25) is 0 Å². The summed E-state index contributed by atoms with van der Waals surface area (Å²) in [5, 5.41) is 6.72. The molecule has 11 heteroatoms. The maximum atomic E-state index is 6.49. The molecule has 2 aliphatic heterocycles. The smallest absolute Gasteiger partial charge is 0.377 e. The molecule has 0 saturated carbocycles. The molecule has 0 aliphatic carbocycles. The van der Waals surface area contributed by atoms with Crippen molar-refractivity contribution in [3.8, 4) is 0 Å². The highest BCUT2D eigenvalue weighted by Gasteiger charge is 2.54. The van der Waals surface area contributed by atoms with E-state index in [-0.39, 0.29) is 0 Å². The van der Waals surface area contributed by atoms with Crippen LogP contribution < -0.4 is 10.6 Å². The zero-order valence-corrected chi connectivity index (χ0v) is 18.0. The van der Waals surface area contributed by atoms with Crippen molar-refractivity contribution < 1.29 is 21.8 Å². The molecule has 0 amide bonds. The third-order valence-corrected chi connectivity index (χ3v) is 11.5. The highest BCUT2D eigenvalue weighted by Crippen LogP contribution is 2.20. The lowest BCUT2D eigenvalue weighted by atomic mass is 10.4. The number of hydrogen-bond donors (Lipinski definition) is 2. The van der Waals surface area contributed by atoms with E-state index in [1.807, 2.05) is 0 Å². The van der Waals surface area contributed by atoms with Gasteiger partial charge in [-0.05, 0) is 0 Å². The minimum atomic E-state index is -2.93. The lowest BCUT2D eigenvalue weighted by Crippen LogP contribution is -2.67. The molecule has 0 aromatic rings. The first-order chi connectivity index (χ1) is 12.1. The van der Waals surface area contributed by atoms with E-state index in [4.69, 9.17) is 21.8 Å². The van der Waals surface area contributed by atoms with Gasteiger partial charge in [-0.1, -0.05) is 0 Å². The molecule has 148 valence electrons. The Kier molecular flexibility index (Phi) is 8.91. The minimum Gasteiger partial charge on any atom is -0.377 e. The van der Waals surface area contributed by atoms with Crippen LogP contribution in [-0.2, 0) is 21.8 Å². The fraction of sp³-hybridized carbons (Fsp3) is 1.00. The van der Waals surface area contributed by atoms with E-state index in [0.29, 0.717) is 12.3 Å². The summed E-state index contributed by atoms with van der Waals surface area (Å²) in [6, 6.07) is 0. The number of piperazine rings is 2. The number of rotatable bonds is 10. The van der Waals surface area contributed by atoms with Gasteiger partial charge in [0.15, 0.2) is 0 Å². The van der Waals surface area contributed by atoms with Gasteiger partial charge in [0.1, 0.15) is 0 Å². The summed E-state index contributed by atoms with van der Waals surface area (Å²) >= 11 is 0. The third-order valence-electron chi connectivity index (χ3n) is 4.81. The molecule has 0 aromatic carbocycles. The van der Waals surface area contributed by atoms with Gasteiger partial charge < -0.3 is 32.5 Å². The monoisotopic (exact) mass is 394 g/mol. The van der Waals surface area contributed by atoms with E-state index in [1.54, 1.807) is 28.4 Å². The van der Waals surface area contributed by atoms with Crippen LogP contribution in [0.4, 0.5) is 0 Å². The Morgan fingerprint density at radius 3 is 1.24 bits per heavy atom. The lowest BCUT2D eigenvalue weighted by Gasteiger charge is -2.41. The Labute approximate surface area is 153 Å². The first-order valence-corrected chi connectivity index (χ1v) is 12.7. The summed E-state index contributed by atoms with van der Waals surface area (Å²) in [6.07, 6.45) is 1.29. The maximum absolute atomic E-state index is 6.49. The highest BCUT2D eigenvalue weighted by atomic mass is 28.5. The fourth-order valence-corrected chi connectivity index (χ4v) is 9.50. The highest BCUT2D eigenvalue weighted by molar-refractivity contribution is 6.75. The van der Waals surface area contributed by atoms with Gasteiger partial charge in [0.2, 0.25) is 0 Å². The SMILES string of the molecule is CO[Si](CN1CCNCC1)(OC)O[Si](CN1CCNCC1)(OC)OC. The van der Waals surface area contributed by atoms with Crippen LogP contribution >= 0.6 is 0 Å². The Bertz CT molecular complexity index is 342. The average molecular weight is 395 g/mol. The average Bonchev–Trinajstić information content (AvgIpc) is 2.68. The lowest BCUT2D eigenvalue weighted by molar-refractivity contribution is 0.0634. The topological polar surface area (TPSA) is 76.7 Å². The van der Waals surface area contributed by atoms with Crippen molar-refractivity contribution in [2.24, 2.45) is 0 Å². The van der Waals surface area contributed by atoms with Gasteiger partial charge in [0.05, 0.1) is 12.3 Å². The molecule has 0 radical (unpaired) electrons. The van der Waals surface area contributed by atoms with Crippen molar-refractivity contribution in [1.29, 1.82) is 0 Å². The molecule has 0 atom stereocenters. The first kappa shape index (κ1) is 21.4. The summed E-state index contributed by atoms with van der Waals surface area (Å²) in [5.74, 6) is 0. The second-order valence-corrected chi connectivity index (χ2v) is 12.2. The van der Waals surface area contributed by atoms with Crippen LogP contribution in [-0.4, -0.2) is 121 Å². The predicted octanol–water partition coefficient (Wildman–Crippen LogP) is -1.64. The molecule has 0 unspecified atom stereocenters. The molecule has 25 heavy (non-hydrogen) atoms. The molecule has 2 heterocycles. The molecule has 2 N–H and O–H groups in total. The molecule has 2 fully saturated rings. The molecule has 2 rings (SSSR count). The van der Waals surface area contributed by atoms with E-state index in [0.717, 1.165) is 52.4 Å². The normalized spacial score (nSPS) is 21.6. The van der Waals surface area contributed by atoms with Crippen molar-refractivity contribution in [3.63, 3.8) is 0 Å². The summed E-state index contributed by atoms with van der Waals surface area (Å²) < 4.78 is 29.8. The van der Waals surface area contributed by atoms with E-state index in [9.17, 15) is 0 Å². The van der Waals surface area contributed by atoms with Gasteiger partial charge in [-0.25, -0.2) is 0 Å². The van der Waals surface area contributed by atoms with Crippen molar-refractivity contribution >= 4 is 17.6 Å². The van der Waals surface area contributed by atoms with Crippen LogP contribution in [0, 0.1) is 0 Å². The zero-order chi connectivity index (χ0) is 18.2. The standard InChI is InChI=1S/C14H34N4O5Si2/c1-19-24(20-2,13-17-9-5-15-6-10-17)23-25(21-3,22-4)14-18-11-7-16-8-12-18/h15-16H,5-14H2,1-4H3. The molecule has 0 aromatic heterocycles. The molecule has 9 nitrogen and oxygen atoms in total. The second-order valence-electron chi connectivity index (χ2n) is 6.34. The molecular weight excluding hydrogens is 360 g/mol. The van der Waals surface area contributed by atoms with E-state index >= 15 is 0 Å². The molecule has 0 spiro atoms. The van der Waals surface area contributed by atoms with Crippen LogP contribution in [0.5, 0.6) is 0 Å². The van der Waals surface area contributed by atoms with Crippen molar-refractivity contribution in [2.75, 3.05) is 93.1 Å². The summed E-state index contributed by atoms with van der Waals surface area (Å²) in [4.78, 5) is 4.65. The quantitative estimate of drug-likeness (QED) is 0.424. The minimum absolute atomic E-state index is 0.644. The largest absolute Gasteiger partial charge is 0.507 e. The van der Waals surface area contributed by atoms with E-state index in [2.05, 4.69) is 20.4 Å². The Balaban J connectivity index is 2.07. The Hall–Kier alpha value is 0.0738. The van der Waals surface area contributed by atoms with Gasteiger partial charge in [0, 0.05) is 80.8 Å². The third kappa shape index (κ3) is 6.04. The molecule has 2 aliphatic rings. The summed E-state index contributed by atoms with van der Waals surface area (Å²) in [5.41, 5.74) is 0.